The fourth-order valence-corrected chi connectivity index (χ4v) is 6.69. The zero-order chi connectivity index (χ0) is 29.6. The summed E-state index contributed by atoms with van der Waals surface area (Å²) in [7, 11) is 0. The van der Waals surface area contributed by atoms with E-state index in [9.17, 15) is 0 Å². The highest BCUT2D eigenvalue weighted by atomic mass is 15.1. The van der Waals surface area contributed by atoms with Gasteiger partial charge < -0.3 is 4.57 Å². The SMILES string of the molecule is CCCCCCCCCCCCCCCCC(CCCCCCCCCCCCC)c1nccn1C(C)CCCC. The minimum atomic E-state index is 0.587. The van der Waals surface area contributed by atoms with E-state index < -0.39 is 0 Å². The minimum absolute atomic E-state index is 0.587. The standard InChI is InChI=1S/C39H76N2/c1-5-8-11-13-15-17-19-20-21-23-25-27-29-31-34-38(39-40-35-36-41(39)37(4)32-10-7-3)33-30-28-26-24-22-18-16-14-12-9-6-2/h35-38H,5-34H2,1-4H3. The number of unbranched alkanes of at least 4 members (excludes halogenated alkanes) is 24. The van der Waals surface area contributed by atoms with Crippen LogP contribution in [0.5, 0.6) is 0 Å². The Bertz CT molecular complexity index is 635. The van der Waals surface area contributed by atoms with Crippen molar-refractivity contribution in [3.8, 4) is 0 Å². The largest absolute Gasteiger partial charge is 0.332 e. The van der Waals surface area contributed by atoms with Crippen LogP contribution in [-0.4, -0.2) is 9.55 Å². The van der Waals surface area contributed by atoms with Crippen molar-refractivity contribution in [2.45, 2.75) is 232 Å². The molecule has 0 aliphatic carbocycles. The summed E-state index contributed by atoms with van der Waals surface area (Å²) >= 11 is 0. The van der Waals surface area contributed by atoms with Crippen LogP contribution in [0.25, 0.3) is 0 Å². The maximum atomic E-state index is 4.96. The van der Waals surface area contributed by atoms with E-state index in [1.165, 1.54) is 198 Å². The van der Waals surface area contributed by atoms with Gasteiger partial charge in [0.15, 0.2) is 0 Å². The number of imidazole rings is 1. The molecule has 0 aliphatic rings. The fraction of sp³-hybridized carbons (Fsp3) is 0.923. The normalized spacial score (nSPS) is 13.2. The van der Waals surface area contributed by atoms with Crippen molar-refractivity contribution < 1.29 is 0 Å². The summed E-state index contributed by atoms with van der Waals surface area (Å²) in [6.07, 6.45) is 46.8. The number of rotatable bonds is 32. The van der Waals surface area contributed by atoms with E-state index in [0.717, 1.165) is 0 Å². The first-order valence-corrected chi connectivity index (χ1v) is 19.3. The second kappa shape index (κ2) is 29.3. The lowest BCUT2D eigenvalue weighted by Crippen LogP contribution is -2.13. The van der Waals surface area contributed by atoms with Crippen LogP contribution >= 0.6 is 0 Å². The molecule has 0 saturated carbocycles. The molecule has 0 fully saturated rings. The molecular formula is C39H76N2. The van der Waals surface area contributed by atoms with Crippen LogP contribution in [0.4, 0.5) is 0 Å². The Morgan fingerprint density at radius 1 is 0.463 bits per heavy atom. The molecule has 0 spiro atoms. The number of aromatic nitrogens is 2. The molecule has 0 radical (unpaired) electrons. The van der Waals surface area contributed by atoms with Crippen molar-refractivity contribution in [1.29, 1.82) is 0 Å². The summed E-state index contributed by atoms with van der Waals surface area (Å²) in [6, 6.07) is 0.587. The molecule has 1 rings (SSSR count). The third kappa shape index (κ3) is 21.5. The molecule has 0 saturated heterocycles. The average Bonchev–Trinajstić information content (AvgIpc) is 3.48. The van der Waals surface area contributed by atoms with Crippen LogP contribution in [0.15, 0.2) is 12.4 Å². The summed E-state index contributed by atoms with van der Waals surface area (Å²) in [4.78, 5) is 4.96. The van der Waals surface area contributed by atoms with Gasteiger partial charge in [-0.05, 0) is 26.2 Å². The second-order valence-electron chi connectivity index (χ2n) is 13.6. The van der Waals surface area contributed by atoms with E-state index in [0.29, 0.717) is 12.0 Å². The highest BCUT2D eigenvalue weighted by molar-refractivity contribution is 5.02. The van der Waals surface area contributed by atoms with Gasteiger partial charge in [0.1, 0.15) is 5.82 Å². The number of nitrogens with zero attached hydrogens (tertiary/aromatic N) is 2. The molecule has 242 valence electrons. The van der Waals surface area contributed by atoms with Crippen molar-refractivity contribution in [1.82, 2.24) is 9.55 Å². The molecule has 0 amide bonds. The maximum absolute atomic E-state index is 4.96. The predicted octanol–water partition coefficient (Wildman–Crippen LogP) is 14.3. The van der Waals surface area contributed by atoms with E-state index >= 15 is 0 Å². The van der Waals surface area contributed by atoms with Crippen molar-refractivity contribution in [2.75, 3.05) is 0 Å². The van der Waals surface area contributed by atoms with Crippen molar-refractivity contribution in [3.63, 3.8) is 0 Å². The molecule has 2 heteroatoms. The minimum Gasteiger partial charge on any atom is -0.332 e. The third-order valence-corrected chi connectivity index (χ3v) is 9.58. The van der Waals surface area contributed by atoms with E-state index in [4.69, 9.17) is 4.98 Å². The summed E-state index contributed by atoms with van der Waals surface area (Å²) in [6.45, 7) is 9.34. The van der Waals surface area contributed by atoms with Crippen LogP contribution in [0.1, 0.15) is 238 Å². The van der Waals surface area contributed by atoms with Gasteiger partial charge in [0.05, 0.1) is 0 Å². The lowest BCUT2D eigenvalue weighted by atomic mass is 9.92. The van der Waals surface area contributed by atoms with Crippen molar-refractivity contribution in [3.05, 3.63) is 18.2 Å². The van der Waals surface area contributed by atoms with Crippen LogP contribution < -0.4 is 0 Å². The van der Waals surface area contributed by atoms with Crippen LogP contribution in [0, 0.1) is 0 Å². The maximum Gasteiger partial charge on any atom is 0.111 e. The van der Waals surface area contributed by atoms with Gasteiger partial charge in [-0.2, -0.15) is 0 Å². The first-order chi connectivity index (χ1) is 20.2. The molecule has 2 nitrogen and oxygen atoms in total. The molecular weight excluding hydrogens is 496 g/mol. The molecule has 41 heavy (non-hydrogen) atoms. The molecule has 1 heterocycles. The lowest BCUT2D eigenvalue weighted by molar-refractivity contribution is 0.416. The van der Waals surface area contributed by atoms with Crippen molar-refractivity contribution in [2.24, 2.45) is 0 Å². The van der Waals surface area contributed by atoms with Crippen LogP contribution in [0.2, 0.25) is 0 Å². The Kier molecular flexibility index (Phi) is 27.3. The van der Waals surface area contributed by atoms with E-state index in [1.54, 1.807) is 0 Å². The van der Waals surface area contributed by atoms with E-state index in [2.05, 4.69) is 44.7 Å². The molecule has 1 aromatic rings. The zero-order valence-corrected chi connectivity index (χ0v) is 28.9. The molecule has 0 aliphatic heterocycles. The first kappa shape index (κ1) is 38.2. The first-order valence-electron chi connectivity index (χ1n) is 19.3. The smallest absolute Gasteiger partial charge is 0.111 e. The molecule has 0 aromatic carbocycles. The third-order valence-electron chi connectivity index (χ3n) is 9.58. The molecule has 0 N–H and O–H groups in total. The van der Waals surface area contributed by atoms with Gasteiger partial charge >= 0.3 is 0 Å². The quantitative estimate of drug-likeness (QED) is 0.0785. The second-order valence-corrected chi connectivity index (χ2v) is 13.6. The molecule has 0 bridgehead atoms. The summed E-state index contributed by atoms with van der Waals surface area (Å²) < 4.78 is 2.54. The van der Waals surface area contributed by atoms with Gasteiger partial charge in [-0.1, -0.05) is 194 Å². The van der Waals surface area contributed by atoms with Gasteiger partial charge in [-0.15, -0.1) is 0 Å². The summed E-state index contributed by atoms with van der Waals surface area (Å²) in [5.41, 5.74) is 0. The fourth-order valence-electron chi connectivity index (χ4n) is 6.69. The Morgan fingerprint density at radius 3 is 1.17 bits per heavy atom. The highest BCUT2D eigenvalue weighted by Crippen LogP contribution is 2.30. The topological polar surface area (TPSA) is 17.8 Å². The summed E-state index contributed by atoms with van der Waals surface area (Å²) in [5, 5.41) is 0. The molecule has 1 aromatic heterocycles. The monoisotopic (exact) mass is 573 g/mol. The van der Waals surface area contributed by atoms with Gasteiger partial charge in [0, 0.05) is 24.4 Å². The summed E-state index contributed by atoms with van der Waals surface area (Å²) in [5.74, 6) is 2.06. The van der Waals surface area contributed by atoms with Crippen LogP contribution in [-0.2, 0) is 0 Å². The van der Waals surface area contributed by atoms with E-state index in [-0.39, 0.29) is 0 Å². The number of hydrogen-bond donors (Lipinski definition) is 0. The van der Waals surface area contributed by atoms with Gasteiger partial charge in [0.25, 0.3) is 0 Å². The lowest BCUT2D eigenvalue weighted by Gasteiger charge is -2.22. The zero-order valence-electron chi connectivity index (χ0n) is 28.9. The van der Waals surface area contributed by atoms with Gasteiger partial charge in [0.2, 0.25) is 0 Å². The average molecular weight is 573 g/mol. The Labute approximate surface area is 259 Å². The predicted molar refractivity (Wildman–Crippen MR) is 185 cm³/mol. The molecule has 2 atom stereocenters. The van der Waals surface area contributed by atoms with Crippen molar-refractivity contribution >= 4 is 0 Å². The Hall–Kier alpha value is -0.790. The Balaban J connectivity index is 2.29. The van der Waals surface area contributed by atoms with Gasteiger partial charge in [-0.25, -0.2) is 4.98 Å². The Morgan fingerprint density at radius 2 is 0.805 bits per heavy atom. The molecule has 2 unspecified atom stereocenters. The van der Waals surface area contributed by atoms with Gasteiger partial charge in [-0.3, -0.25) is 0 Å². The number of hydrogen-bond acceptors (Lipinski definition) is 1. The van der Waals surface area contributed by atoms with Crippen LogP contribution in [0.3, 0.4) is 0 Å². The van der Waals surface area contributed by atoms with E-state index in [1.807, 2.05) is 0 Å². The highest BCUT2D eigenvalue weighted by Gasteiger charge is 2.19.